The number of nitrogens with zero attached hydrogens (tertiary/aromatic N) is 1. The molecule has 2 aromatic rings. The van der Waals surface area contributed by atoms with Gasteiger partial charge < -0.3 is 11.1 Å². The van der Waals surface area contributed by atoms with E-state index in [-0.39, 0.29) is 0 Å². The van der Waals surface area contributed by atoms with E-state index in [4.69, 9.17) is 5.73 Å². The molecule has 0 aliphatic rings. The Morgan fingerprint density at radius 1 is 1.29 bits per heavy atom. The summed E-state index contributed by atoms with van der Waals surface area (Å²) in [5.74, 6) is 0. The topological polar surface area (TPSA) is 50.9 Å². The second kappa shape index (κ2) is 5.87. The molecule has 1 heterocycles. The maximum atomic E-state index is 5.75. The molecule has 0 spiro atoms. The summed E-state index contributed by atoms with van der Waals surface area (Å²) in [6.07, 6.45) is 5.10. The van der Waals surface area contributed by atoms with Crippen LogP contribution in [0, 0.1) is 0 Å². The van der Waals surface area contributed by atoms with Gasteiger partial charge in [-0.25, -0.2) is 4.98 Å². The molecule has 0 aliphatic heterocycles. The Balaban J connectivity index is 1.91. The summed E-state index contributed by atoms with van der Waals surface area (Å²) >= 11 is 1.67. The molecule has 2 rings (SSSR count). The molecule has 0 unspecified atom stereocenters. The van der Waals surface area contributed by atoms with Crippen molar-refractivity contribution in [3.63, 3.8) is 0 Å². The van der Waals surface area contributed by atoms with E-state index in [0.717, 1.165) is 27.6 Å². The summed E-state index contributed by atoms with van der Waals surface area (Å²) in [6, 6.07) is 5.85. The predicted molar refractivity (Wildman–Crippen MR) is 76.7 cm³/mol. The molecule has 0 aliphatic carbocycles. The van der Waals surface area contributed by atoms with E-state index in [1.165, 1.54) is 25.7 Å². The Labute approximate surface area is 106 Å². The second-order valence-corrected chi connectivity index (χ2v) is 5.26. The third kappa shape index (κ3) is 3.33. The van der Waals surface area contributed by atoms with E-state index in [1.807, 2.05) is 18.2 Å². The molecule has 0 amide bonds. The van der Waals surface area contributed by atoms with Gasteiger partial charge in [0.2, 0.25) is 0 Å². The quantitative estimate of drug-likeness (QED) is 0.603. The molecular formula is C13H19N3S. The highest BCUT2D eigenvalue weighted by Crippen LogP contribution is 2.27. The Hall–Kier alpha value is -1.29. The normalized spacial score (nSPS) is 10.9. The molecule has 0 saturated heterocycles. The fourth-order valence-corrected chi connectivity index (χ4v) is 2.70. The minimum atomic E-state index is 0.802. The van der Waals surface area contributed by atoms with Crippen LogP contribution in [0.3, 0.4) is 0 Å². The molecule has 3 nitrogen and oxygen atoms in total. The molecule has 3 N–H and O–H groups in total. The number of hydrogen-bond donors (Lipinski definition) is 2. The molecule has 0 radical (unpaired) electrons. The van der Waals surface area contributed by atoms with Crippen molar-refractivity contribution in [1.82, 2.24) is 4.98 Å². The second-order valence-electron chi connectivity index (χ2n) is 4.23. The lowest BCUT2D eigenvalue weighted by Crippen LogP contribution is -2.00. The zero-order chi connectivity index (χ0) is 12.1. The van der Waals surface area contributed by atoms with Crippen LogP contribution in [0.4, 0.5) is 10.8 Å². The average molecular weight is 249 g/mol. The SMILES string of the molecule is CCCCCCNc1nc2ccc(N)cc2s1. The van der Waals surface area contributed by atoms with Crippen molar-refractivity contribution in [3.8, 4) is 0 Å². The van der Waals surface area contributed by atoms with Crippen molar-refractivity contribution in [3.05, 3.63) is 18.2 Å². The van der Waals surface area contributed by atoms with Gasteiger partial charge in [0.1, 0.15) is 0 Å². The van der Waals surface area contributed by atoms with E-state index in [9.17, 15) is 0 Å². The number of rotatable bonds is 6. The molecule has 1 aromatic carbocycles. The predicted octanol–water partition coefficient (Wildman–Crippen LogP) is 3.87. The Kier molecular flexibility index (Phi) is 4.20. The van der Waals surface area contributed by atoms with Gasteiger partial charge in [-0.3, -0.25) is 0 Å². The first-order valence-electron chi connectivity index (χ1n) is 6.19. The summed E-state index contributed by atoms with van der Waals surface area (Å²) in [4.78, 5) is 4.52. The van der Waals surface area contributed by atoms with Gasteiger partial charge >= 0.3 is 0 Å². The number of nitrogens with one attached hydrogen (secondary N) is 1. The summed E-state index contributed by atoms with van der Waals surface area (Å²) in [7, 11) is 0. The van der Waals surface area contributed by atoms with Gasteiger partial charge in [0.25, 0.3) is 0 Å². The summed E-state index contributed by atoms with van der Waals surface area (Å²) in [5.41, 5.74) is 7.58. The molecule has 1 aromatic heterocycles. The molecule has 0 fully saturated rings. The van der Waals surface area contributed by atoms with E-state index in [1.54, 1.807) is 11.3 Å². The number of thiazole rings is 1. The minimum absolute atomic E-state index is 0.802. The Morgan fingerprint density at radius 2 is 2.18 bits per heavy atom. The van der Waals surface area contributed by atoms with Crippen LogP contribution in [0.15, 0.2) is 18.2 Å². The lowest BCUT2D eigenvalue weighted by molar-refractivity contribution is 0.685. The van der Waals surface area contributed by atoms with Crippen LogP contribution >= 0.6 is 11.3 Å². The van der Waals surface area contributed by atoms with Crippen molar-refractivity contribution in [1.29, 1.82) is 0 Å². The molecular weight excluding hydrogens is 230 g/mol. The lowest BCUT2D eigenvalue weighted by atomic mass is 10.2. The fourth-order valence-electron chi connectivity index (χ4n) is 1.76. The minimum Gasteiger partial charge on any atom is -0.399 e. The van der Waals surface area contributed by atoms with Crippen LogP contribution in [0.5, 0.6) is 0 Å². The standard InChI is InChI=1S/C13H19N3S/c1-2-3-4-5-8-15-13-16-11-7-6-10(14)9-12(11)17-13/h6-7,9H,2-5,8,14H2,1H3,(H,15,16). The molecule has 17 heavy (non-hydrogen) atoms. The van der Waals surface area contributed by atoms with E-state index in [0.29, 0.717) is 0 Å². The van der Waals surface area contributed by atoms with E-state index in [2.05, 4.69) is 17.2 Å². The lowest BCUT2D eigenvalue weighted by Gasteiger charge is -2.00. The number of anilines is 2. The first-order chi connectivity index (χ1) is 8.29. The number of fused-ring (bicyclic) bond motifs is 1. The fraction of sp³-hybridized carbons (Fsp3) is 0.462. The van der Waals surface area contributed by atoms with Crippen LogP contribution in [0.2, 0.25) is 0 Å². The van der Waals surface area contributed by atoms with Gasteiger partial charge in [-0.05, 0) is 24.6 Å². The number of unbranched alkanes of at least 4 members (excludes halogenated alkanes) is 3. The molecule has 0 bridgehead atoms. The number of hydrogen-bond acceptors (Lipinski definition) is 4. The average Bonchev–Trinajstić information content (AvgIpc) is 2.70. The summed E-state index contributed by atoms with van der Waals surface area (Å²) in [6.45, 7) is 3.24. The maximum Gasteiger partial charge on any atom is 0.183 e. The molecule has 92 valence electrons. The Morgan fingerprint density at radius 3 is 3.00 bits per heavy atom. The van der Waals surface area contributed by atoms with Gasteiger partial charge in [-0.15, -0.1) is 0 Å². The number of nitrogens with two attached hydrogens (primary N) is 1. The van der Waals surface area contributed by atoms with Crippen molar-refractivity contribution in [2.45, 2.75) is 32.6 Å². The summed E-state index contributed by atoms with van der Waals surface area (Å²) < 4.78 is 1.15. The zero-order valence-electron chi connectivity index (χ0n) is 10.2. The molecule has 0 saturated carbocycles. The highest BCUT2D eigenvalue weighted by atomic mass is 32.1. The summed E-state index contributed by atoms with van der Waals surface area (Å²) in [5, 5.41) is 4.38. The number of nitrogen functional groups attached to an aromatic ring is 1. The van der Waals surface area contributed by atoms with Crippen molar-refractivity contribution >= 4 is 32.4 Å². The van der Waals surface area contributed by atoms with E-state index < -0.39 is 0 Å². The van der Waals surface area contributed by atoms with Crippen LogP contribution in [0.1, 0.15) is 32.6 Å². The van der Waals surface area contributed by atoms with E-state index >= 15 is 0 Å². The van der Waals surface area contributed by atoms with Crippen molar-refractivity contribution in [2.75, 3.05) is 17.6 Å². The van der Waals surface area contributed by atoms with Gasteiger partial charge in [0.05, 0.1) is 10.2 Å². The van der Waals surface area contributed by atoms with Gasteiger partial charge in [-0.1, -0.05) is 37.5 Å². The highest BCUT2D eigenvalue weighted by Gasteiger charge is 2.02. The van der Waals surface area contributed by atoms with Crippen LogP contribution in [-0.4, -0.2) is 11.5 Å². The van der Waals surface area contributed by atoms with Crippen LogP contribution in [0.25, 0.3) is 10.2 Å². The third-order valence-corrected chi connectivity index (χ3v) is 3.69. The number of aromatic nitrogens is 1. The smallest absolute Gasteiger partial charge is 0.183 e. The third-order valence-electron chi connectivity index (χ3n) is 2.72. The highest BCUT2D eigenvalue weighted by molar-refractivity contribution is 7.22. The van der Waals surface area contributed by atoms with Gasteiger partial charge in [0, 0.05) is 12.2 Å². The number of benzene rings is 1. The molecule has 0 atom stereocenters. The molecule has 4 heteroatoms. The zero-order valence-corrected chi connectivity index (χ0v) is 11.0. The first-order valence-corrected chi connectivity index (χ1v) is 7.01. The monoisotopic (exact) mass is 249 g/mol. The van der Waals surface area contributed by atoms with Crippen molar-refractivity contribution in [2.24, 2.45) is 0 Å². The Bertz CT molecular complexity index is 478. The largest absolute Gasteiger partial charge is 0.399 e. The maximum absolute atomic E-state index is 5.75. The van der Waals surface area contributed by atoms with Crippen LogP contribution in [-0.2, 0) is 0 Å². The van der Waals surface area contributed by atoms with Crippen molar-refractivity contribution < 1.29 is 0 Å². The first kappa shape index (κ1) is 12.2. The van der Waals surface area contributed by atoms with Crippen LogP contribution < -0.4 is 11.1 Å². The van der Waals surface area contributed by atoms with Gasteiger partial charge in [-0.2, -0.15) is 0 Å². The van der Waals surface area contributed by atoms with Gasteiger partial charge in [0.15, 0.2) is 5.13 Å².